The lowest BCUT2D eigenvalue weighted by Gasteiger charge is -2.40. The molecule has 5 heteroatoms. The lowest BCUT2D eigenvalue weighted by Crippen LogP contribution is -2.54. The van der Waals surface area contributed by atoms with Gasteiger partial charge in [0.15, 0.2) is 0 Å². The molecule has 5 nitrogen and oxygen atoms in total. The number of nitrogens with one attached hydrogen (secondary N) is 1. The Morgan fingerprint density at radius 3 is 2.82 bits per heavy atom. The SMILES string of the molecule is CC(C)[C@H]1CN(C(=O)[C@H]2CN(C)CCO2)c2ccccc2N1. The molecule has 2 atom stereocenters. The van der Waals surface area contributed by atoms with E-state index < -0.39 is 0 Å². The minimum absolute atomic E-state index is 0.0751. The highest BCUT2D eigenvalue weighted by Gasteiger charge is 2.35. The summed E-state index contributed by atoms with van der Waals surface area (Å²) in [6, 6.07) is 8.29. The number of likely N-dealkylation sites (N-methyl/N-ethyl adjacent to an activating group) is 1. The molecule has 22 heavy (non-hydrogen) atoms. The van der Waals surface area contributed by atoms with Crippen molar-refractivity contribution in [2.45, 2.75) is 26.0 Å². The van der Waals surface area contributed by atoms with Crippen LogP contribution in [0.5, 0.6) is 0 Å². The van der Waals surface area contributed by atoms with E-state index in [1.165, 1.54) is 0 Å². The molecular formula is C17H25N3O2. The van der Waals surface area contributed by atoms with Crippen molar-refractivity contribution in [3.05, 3.63) is 24.3 Å². The summed E-state index contributed by atoms with van der Waals surface area (Å²) < 4.78 is 5.72. The summed E-state index contributed by atoms with van der Waals surface area (Å²) in [7, 11) is 2.03. The summed E-state index contributed by atoms with van der Waals surface area (Å²) in [5.74, 6) is 0.532. The molecule has 0 saturated carbocycles. The second-order valence-electron chi connectivity index (χ2n) is 6.58. The Labute approximate surface area is 132 Å². The molecule has 1 saturated heterocycles. The molecule has 0 radical (unpaired) electrons. The topological polar surface area (TPSA) is 44.8 Å². The van der Waals surface area contributed by atoms with E-state index in [9.17, 15) is 4.79 Å². The summed E-state index contributed by atoms with van der Waals surface area (Å²) in [6.45, 7) is 7.22. The summed E-state index contributed by atoms with van der Waals surface area (Å²) in [5.41, 5.74) is 1.99. The highest BCUT2D eigenvalue weighted by molar-refractivity contribution is 6.00. The molecule has 1 amide bonds. The molecule has 0 aromatic heterocycles. The first-order valence-electron chi connectivity index (χ1n) is 8.03. The van der Waals surface area contributed by atoms with Crippen LogP contribution in [0.2, 0.25) is 0 Å². The molecule has 2 aliphatic rings. The first-order valence-corrected chi connectivity index (χ1v) is 8.03. The number of carbonyl (C=O) groups excluding carboxylic acids is 1. The fourth-order valence-electron chi connectivity index (χ4n) is 3.06. The van der Waals surface area contributed by atoms with E-state index in [2.05, 4.69) is 24.1 Å². The summed E-state index contributed by atoms with van der Waals surface area (Å²) in [5, 5.41) is 3.55. The maximum absolute atomic E-state index is 13.0. The van der Waals surface area contributed by atoms with Gasteiger partial charge in [-0.15, -0.1) is 0 Å². The van der Waals surface area contributed by atoms with Gasteiger partial charge in [0.1, 0.15) is 6.10 Å². The minimum Gasteiger partial charge on any atom is -0.379 e. The Morgan fingerprint density at radius 1 is 1.32 bits per heavy atom. The number of amides is 1. The normalized spacial score (nSPS) is 25.7. The molecule has 1 aromatic carbocycles. The van der Waals surface area contributed by atoms with E-state index in [1.807, 2.05) is 36.2 Å². The van der Waals surface area contributed by atoms with E-state index in [0.717, 1.165) is 17.9 Å². The van der Waals surface area contributed by atoms with E-state index in [1.54, 1.807) is 0 Å². The van der Waals surface area contributed by atoms with Gasteiger partial charge >= 0.3 is 0 Å². The Kier molecular flexibility index (Phi) is 4.36. The number of nitrogens with zero attached hydrogens (tertiary/aromatic N) is 2. The van der Waals surface area contributed by atoms with Gasteiger partial charge in [-0.25, -0.2) is 0 Å². The summed E-state index contributed by atoms with van der Waals surface area (Å²) in [4.78, 5) is 17.0. The van der Waals surface area contributed by atoms with Crippen LogP contribution in [0.25, 0.3) is 0 Å². The predicted octanol–water partition coefficient (Wildman–Crippen LogP) is 1.80. The Bertz CT molecular complexity index is 546. The standard InChI is InChI=1S/C17H25N3O2/c1-12(2)14-10-20(15-7-5-4-6-13(15)18-14)17(21)16-11-19(3)8-9-22-16/h4-7,12,14,16,18H,8-11H2,1-3H3/t14-,16-/m1/s1. The summed E-state index contributed by atoms with van der Waals surface area (Å²) >= 11 is 0. The van der Waals surface area contributed by atoms with Crippen molar-refractivity contribution in [2.24, 2.45) is 5.92 Å². The van der Waals surface area contributed by atoms with E-state index in [0.29, 0.717) is 25.6 Å². The molecule has 1 N–H and O–H groups in total. The number of rotatable bonds is 2. The number of fused-ring (bicyclic) bond motifs is 1. The third-order valence-corrected chi connectivity index (χ3v) is 4.53. The van der Waals surface area contributed by atoms with Crippen molar-refractivity contribution in [3.8, 4) is 0 Å². The second-order valence-corrected chi connectivity index (χ2v) is 6.58. The molecule has 1 aromatic rings. The van der Waals surface area contributed by atoms with Gasteiger partial charge in [0.25, 0.3) is 5.91 Å². The van der Waals surface area contributed by atoms with E-state index in [4.69, 9.17) is 4.74 Å². The van der Waals surface area contributed by atoms with Gasteiger partial charge in [-0.3, -0.25) is 4.79 Å². The third kappa shape index (κ3) is 2.96. The Hall–Kier alpha value is -1.59. The van der Waals surface area contributed by atoms with Gasteiger partial charge in [-0.2, -0.15) is 0 Å². The largest absolute Gasteiger partial charge is 0.379 e. The number of morpholine rings is 1. The van der Waals surface area contributed by atoms with Crippen LogP contribution in [0.1, 0.15) is 13.8 Å². The van der Waals surface area contributed by atoms with E-state index in [-0.39, 0.29) is 18.1 Å². The van der Waals surface area contributed by atoms with Crippen molar-refractivity contribution in [2.75, 3.05) is 43.5 Å². The van der Waals surface area contributed by atoms with Gasteiger partial charge in [-0.05, 0) is 25.1 Å². The third-order valence-electron chi connectivity index (χ3n) is 4.53. The number of para-hydroxylation sites is 2. The number of hydrogen-bond donors (Lipinski definition) is 1. The molecule has 0 aliphatic carbocycles. The predicted molar refractivity (Wildman–Crippen MR) is 88.3 cm³/mol. The van der Waals surface area contributed by atoms with Gasteiger partial charge in [0, 0.05) is 25.7 Å². The maximum Gasteiger partial charge on any atom is 0.257 e. The lowest BCUT2D eigenvalue weighted by atomic mass is 9.99. The number of benzene rings is 1. The van der Waals surface area contributed by atoms with Gasteiger partial charge in [0.05, 0.1) is 18.0 Å². The van der Waals surface area contributed by atoms with Crippen LogP contribution in [0.15, 0.2) is 24.3 Å². The Morgan fingerprint density at radius 2 is 2.09 bits per heavy atom. The highest BCUT2D eigenvalue weighted by Crippen LogP contribution is 2.33. The van der Waals surface area contributed by atoms with Gasteiger partial charge < -0.3 is 19.9 Å². The van der Waals surface area contributed by atoms with Crippen LogP contribution in [-0.4, -0.2) is 56.2 Å². The van der Waals surface area contributed by atoms with Crippen LogP contribution in [-0.2, 0) is 9.53 Å². The average Bonchev–Trinajstić information content (AvgIpc) is 2.53. The smallest absolute Gasteiger partial charge is 0.257 e. The van der Waals surface area contributed by atoms with Crippen LogP contribution >= 0.6 is 0 Å². The zero-order chi connectivity index (χ0) is 15.7. The number of anilines is 2. The molecule has 120 valence electrons. The van der Waals surface area contributed by atoms with E-state index >= 15 is 0 Å². The molecule has 0 unspecified atom stereocenters. The quantitative estimate of drug-likeness (QED) is 0.905. The van der Waals surface area contributed by atoms with Crippen LogP contribution in [0, 0.1) is 5.92 Å². The van der Waals surface area contributed by atoms with Crippen molar-refractivity contribution in [3.63, 3.8) is 0 Å². The fraction of sp³-hybridized carbons (Fsp3) is 0.588. The number of carbonyl (C=O) groups is 1. The highest BCUT2D eigenvalue weighted by atomic mass is 16.5. The molecular weight excluding hydrogens is 278 g/mol. The molecule has 2 aliphatic heterocycles. The maximum atomic E-state index is 13.0. The zero-order valence-corrected chi connectivity index (χ0v) is 13.6. The fourth-order valence-corrected chi connectivity index (χ4v) is 3.06. The van der Waals surface area contributed by atoms with Crippen molar-refractivity contribution in [1.29, 1.82) is 0 Å². The molecule has 0 spiro atoms. The zero-order valence-electron chi connectivity index (χ0n) is 13.6. The number of hydrogen-bond acceptors (Lipinski definition) is 4. The van der Waals surface area contributed by atoms with Crippen molar-refractivity contribution in [1.82, 2.24) is 4.90 Å². The van der Waals surface area contributed by atoms with Gasteiger partial charge in [0.2, 0.25) is 0 Å². The monoisotopic (exact) mass is 303 g/mol. The van der Waals surface area contributed by atoms with Gasteiger partial charge in [-0.1, -0.05) is 26.0 Å². The van der Waals surface area contributed by atoms with Crippen molar-refractivity contribution >= 4 is 17.3 Å². The second kappa shape index (κ2) is 6.26. The van der Waals surface area contributed by atoms with Crippen LogP contribution < -0.4 is 10.2 Å². The Balaban J connectivity index is 1.86. The van der Waals surface area contributed by atoms with Crippen LogP contribution in [0.3, 0.4) is 0 Å². The molecule has 1 fully saturated rings. The molecule has 3 rings (SSSR count). The minimum atomic E-state index is -0.363. The number of ether oxygens (including phenoxy) is 1. The first-order chi connectivity index (χ1) is 10.6. The molecule has 0 bridgehead atoms. The molecule has 2 heterocycles. The average molecular weight is 303 g/mol. The van der Waals surface area contributed by atoms with Crippen LogP contribution in [0.4, 0.5) is 11.4 Å². The first kappa shape index (κ1) is 15.3. The van der Waals surface area contributed by atoms with Crippen molar-refractivity contribution < 1.29 is 9.53 Å². The lowest BCUT2D eigenvalue weighted by molar-refractivity contribution is -0.135. The summed E-state index contributed by atoms with van der Waals surface area (Å²) in [6.07, 6.45) is -0.363.